The normalized spacial score (nSPS) is 11.4. The van der Waals surface area contributed by atoms with E-state index >= 15 is 0 Å². The van der Waals surface area contributed by atoms with Crippen molar-refractivity contribution in [3.63, 3.8) is 0 Å². The molecule has 7 heteroatoms. The maximum Gasteiger partial charge on any atom is 0.321 e. The molecule has 1 aromatic rings. The van der Waals surface area contributed by atoms with Crippen LogP contribution in [0.4, 0.5) is 10.7 Å². The molecule has 108 valence electrons. The van der Waals surface area contributed by atoms with Crippen molar-refractivity contribution in [1.29, 1.82) is 0 Å². The standard InChI is InChI=1S/C12H23N5O2/c1-4-6-12(19,7-5-2)8-13-11(18)16-10-14-9-15-17(10)3/h9,19H,4-8H2,1-3H3,(H2,13,14,15,16,18). The van der Waals surface area contributed by atoms with Crippen LogP contribution >= 0.6 is 0 Å². The van der Waals surface area contributed by atoms with Crippen LogP contribution in [-0.2, 0) is 7.05 Å². The first-order chi connectivity index (χ1) is 9.00. The number of aryl methyl sites for hydroxylation is 1. The lowest BCUT2D eigenvalue weighted by Gasteiger charge is -2.27. The fourth-order valence-corrected chi connectivity index (χ4v) is 2.03. The smallest absolute Gasteiger partial charge is 0.321 e. The molecule has 1 rings (SSSR count). The summed E-state index contributed by atoms with van der Waals surface area (Å²) < 4.78 is 1.46. The quantitative estimate of drug-likeness (QED) is 0.695. The van der Waals surface area contributed by atoms with E-state index in [1.807, 2.05) is 13.8 Å². The van der Waals surface area contributed by atoms with Gasteiger partial charge in [0.05, 0.1) is 5.60 Å². The number of rotatable bonds is 7. The first-order valence-corrected chi connectivity index (χ1v) is 6.62. The highest BCUT2D eigenvalue weighted by atomic mass is 16.3. The minimum absolute atomic E-state index is 0.234. The fraction of sp³-hybridized carbons (Fsp3) is 0.750. The van der Waals surface area contributed by atoms with Crippen molar-refractivity contribution in [2.24, 2.45) is 7.05 Å². The molecule has 0 atom stereocenters. The number of amides is 2. The van der Waals surface area contributed by atoms with Crippen LogP contribution in [0.25, 0.3) is 0 Å². The lowest BCUT2D eigenvalue weighted by Crippen LogP contribution is -2.44. The van der Waals surface area contributed by atoms with Gasteiger partial charge in [-0.2, -0.15) is 10.1 Å². The topological polar surface area (TPSA) is 92.1 Å². The van der Waals surface area contributed by atoms with Crippen molar-refractivity contribution >= 4 is 12.0 Å². The van der Waals surface area contributed by atoms with Gasteiger partial charge >= 0.3 is 6.03 Å². The number of aromatic nitrogens is 3. The maximum absolute atomic E-state index is 11.7. The Morgan fingerprint density at radius 3 is 2.53 bits per heavy atom. The molecular formula is C12H23N5O2. The SMILES string of the molecule is CCCC(O)(CCC)CNC(=O)Nc1ncnn1C. The molecule has 0 unspecified atom stereocenters. The zero-order valence-corrected chi connectivity index (χ0v) is 11.8. The molecule has 0 aliphatic heterocycles. The van der Waals surface area contributed by atoms with E-state index in [9.17, 15) is 9.90 Å². The number of anilines is 1. The highest BCUT2D eigenvalue weighted by Crippen LogP contribution is 2.18. The molecule has 7 nitrogen and oxygen atoms in total. The summed E-state index contributed by atoms with van der Waals surface area (Å²) in [5.74, 6) is 0.368. The predicted octanol–water partition coefficient (Wildman–Crippen LogP) is 1.27. The molecule has 0 spiro atoms. The Morgan fingerprint density at radius 1 is 1.42 bits per heavy atom. The average molecular weight is 269 g/mol. The van der Waals surface area contributed by atoms with Crippen molar-refractivity contribution in [3.8, 4) is 0 Å². The van der Waals surface area contributed by atoms with E-state index in [-0.39, 0.29) is 12.6 Å². The summed E-state index contributed by atoms with van der Waals surface area (Å²) >= 11 is 0. The summed E-state index contributed by atoms with van der Waals surface area (Å²) in [6.45, 7) is 4.26. The van der Waals surface area contributed by atoms with E-state index in [4.69, 9.17) is 0 Å². The monoisotopic (exact) mass is 269 g/mol. The Labute approximate surface area is 113 Å². The first kappa shape index (κ1) is 15.4. The Hall–Kier alpha value is -1.63. The molecular weight excluding hydrogens is 246 g/mol. The molecule has 1 heterocycles. The maximum atomic E-state index is 11.7. The Bertz CT molecular complexity index is 399. The van der Waals surface area contributed by atoms with Gasteiger partial charge in [-0.3, -0.25) is 5.32 Å². The van der Waals surface area contributed by atoms with Crippen LogP contribution in [0.1, 0.15) is 39.5 Å². The van der Waals surface area contributed by atoms with E-state index in [0.717, 1.165) is 12.8 Å². The molecule has 0 radical (unpaired) electrons. The number of nitrogens with zero attached hydrogens (tertiary/aromatic N) is 3. The number of aliphatic hydroxyl groups is 1. The summed E-state index contributed by atoms with van der Waals surface area (Å²) in [5, 5.41) is 19.5. The van der Waals surface area contributed by atoms with E-state index < -0.39 is 5.60 Å². The highest BCUT2D eigenvalue weighted by Gasteiger charge is 2.25. The van der Waals surface area contributed by atoms with Crippen LogP contribution in [0.15, 0.2) is 6.33 Å². The number of nitrogens with one attached hydrogen (secondary N) is 2. The molecule has 0 aromatic carbocycles. The molecule has 19 heavy (non-hydrogen) atoms. The summed E-state index contributed by atoms with van der Waals surface area (Å²) in [4.78, 5) is 15.6. The van der Waals surface area contributed by atoms with Crippen molar-refractivity contribution in [1.82, 2.24) is 20.1 Å². The number of hydrogen-bond donors (Lipinski definition) is 3. The summed E-state index contributed by atoms with van der Waals surface area (Å²) in [6.07, 6.45) is 4.46. The van der Waals surface area contributed by atoms with E-state index in [1.165, 1.54) is 11.0 Å². The van der Waals surface area contributed by atoms with Gasteiger partial charge in [0, 0.05) is 13.6 Å². The van der Waals surface area contributed by atoms with Crippen molar-refractivity contribution in [3.05, 3.63) is 6.33 Å². The fourth-order valence-electron chi connectivity index (χ4n) is 2.03. The van der Waals surface area contributed by atoms with Gasteiger partial charge in [0.15, 0.2) is 0 Å². The van der Waals surface area contributed by atoms with Crippen molar-refractivity contribution in [2.45, 2.75) is 45.1 Å². The van der Waals surface area contributed by atoms with Gasteiger partial charge in [0.1, 0.15) is 6.33 Å². The van der Waals surface area contributed by atoms with Gasteiger partial charge < -0.3 is 10.4 Å². The van der Waals surface area contributed by atoms with Gasteiger partial charge in [-0.15, -0.1) is 0 Å². The average Bonchev–Trinajstić information content (AvgIpc) is 2.73. The van der Waals surface area contributed by atoms with Gasteiger partial charge in [-0.25, -0.2) is 9.48 Å². The van der Waals surface area contributed by atoms with Gasteiger partial charge in [-0.05, 0) is 12.8 Å². The van der Waals surface area contributed by atoms with Crippen LogP contribution < -0.4 is 10.6 Å². The summed E-state index contributed by atoms with van der Waals surface area (Å²) in [6, 6.07) is -0.387. The molecule has 0 bridgehead atoms. The zero-order chi connectivity index (χ0) is 14.3. The second-order valence-corrected chi connectivity index (χ2v) is 4.74. The number of urea groups is 1. The third kappa shape index (κ3) is 4.86. The molecule has 0 fully saturated rings. The largest absolute Gasteiger partial charge is 0.388 e. The Balaban J connectivity index is 2.46. The van der Waals surface area contributed by atoms with Crippen LogP contribution in [-0.4, -0.2) is 38.0 Å². The molecule has 2 amide bonds. The third-order valence-electron chi connectivity index (χ3n) is 2.95. The van der Waals surface area contributed by atoms with Crippen LogP contribution in [0, 0.1) is 0 Å². The second-order valence-electron chi connectivity index (χ2n) is 4.74. The molecule has 3 N–H and O–H groups in total. The molecule has 1 aromatic heterocycles. The number of hydrogen-bond acceptors (Lipinski definition) is 4. The Morgan fingerprint density at radius 2 is 2.05 bits per heavy atom. The number of carbonyl (C=O) groups is 1. The number of carbonyl (C=O) groups excluding carboxylic acids is 1. The molecule has 0 aliphatic carbocycles. The lowest BCUT2D eigenvalue weighted by molar-refractivity contribution is 0.0245. The lowest BCUT2D eigenvalue weighted by atomic mass is 9.93. The Kier molecular flexibility index (Phi) is 5.75. The predicted molar refractivity (Wildman–Crippen MR) is 72.8 cm³/mol. The van der Waals surface area contributed by atoms with Crippen LogP contribution in [0.2, 0.25) is 0 Å². The van der Waals surface area contributed by atoms with Crippen molar-refractivity contribution < 1.29 is 9.90 Å². The van der Waals surface area contributed by atoms with E-state index in [0.29, 0.717) is 18.8 Å². The van der Waals surface area contributed by atoms with Crippen LogP contribution in [0.5, 0.6) is 0 Å². The van der Waals surface area contributed by atoms with Crippen molar-refractivity contribution in [2.75, 3.05) is 11.9 Å². The summed E-state index contributed by atoms with van der Waals surface area (Å²) in [5.41, 5.74) is -0.833. The second kappa shape index (κ2) is 7.08. The van der Waals surface area contributed by atoms with Gasteiger partial charge in [0.25, 0.3) is 0 Å². The molecule has 0 saturated heterocycles. The molecule has 0 aliphatic rings. The van der Waals surface area contributed by atoms with Crippen LogP contribution in [0.3, 0.4) is 0 Å². The third-order valence-corrected chi connectivity index (χ3v) is 2.95. The van der Waals surface area contributed by atoms with E-state index in [1.54, 1.807) is 7.05 Å². The first-order valence-electron chi connectivity index (χ1n) is 6.62. The minimum atomic E-state index is -0.833. The van der Waals surface area contributed by atoms with Gasteiger partial charge in [0.2, 0.25) is 5.95 Å². The minimum Gasteiger partial charge on any atom is -0.388 e. The van der Waals surface area contributed by atoms with Gasteiger partial charge in [-0.1, -0.05) is 26.7 Å². The summed E-state index contributed by atoms with van der Waals surface area (Å²) in [7, 11) is 1.69. The highest BCUT2D eigenvalue weighted by molar-refractivity contribution is 5.87. The molecule has 0 saturated carbocycles. The zero-order valence-electron chi connectivity index (χ0n) is 11.8. The van der Waals surface area contributed by atoms with E-state index in [2.05, 4.69) is 20.7 Å².